The molecule has 0 spiro atoms. The van der Waals surface area contributed by atoms with Gasteiger partial charge in [-0.1, -0.05) is 6.92 Å². The monoisotopic (exact) mass is 263 g/mol. The summed E-state index contributed by atoms with van der Waals surface area (Å²) in [6, 6.07) is 4.20. The Morgan fingerprint density at radius 2 is 2.32 bits per heavy atom. The number of hydrogen-bond donors (Lipinski definition) is 3. The first-order chi connectivity index (χ1) is 9.11. The molecule has 0 radical (unpaired) electrons. The molecule has 0 aliphatic heterocycles. The number of rotatable bonds is 5. The van der Waals surface area contributed by atoms with Gasteiger partial charge in [-0.05, 0) is 36.6 Å². The number of fused-ring (bicyclic) bond motifs is 1. The molecule has 2 aromatic rings. The lowest BCUT2D eigenvalue weighted by Crippen LogP contribution is -2.40. The molecule has 0 bridgehead atoms. The van der Waals surface area contributed by atoms with E-state index < -0.39 is 6.04 Å². The molecule has 1 atom stereocenters. The van der Waals surface area contributed by atoms with Gasteiger partial charge in [0, 0.05) is 23.6 Å². The molecule has 0 aliphatic carbocycles. The second-order valence-corrected chi connectivity index (χ2v) is 4.56. The van der Waals surface area contributed by atoms with Crippen LogP contribution in [0.4, 0.5) is 4.39 Å². The van der Waals surface area contributed by atoms with Crippen LogP contribution < -0.4 is 11.1 Å². The summed E-state index contributed by atoms with van der Waals surface area (Å²) in [5.41, 5.74) is 7.45. The molecule has 102 valence electrons. The minimum atomic E-state index is -0.447. The number of H-pyrrole nitrogens is 1. The summed E-state index contributed by atoms with van der Waals surface area (Å²) in [4.78, 5) is 14.5. The minimum Gasteiger partial charge on any atom is -0.361 e. The number of amides is 1. The number of hydrogen-bond acceptors (Lipinski definition) is 2. The van der Waals surface area contributed by atoms with Gasteiger partial charge in [0.05, 0.1) is 6.04 Å². The van der Waals surface area contributed by atoms with Gasteiger partial charge in [-0.15, -0.1) is 0 Å². The van der Waals surface area contributed by atoms with Crippen LogP contribution in [-0.4, -0.2) is 23.5 Å². The lowest BCUT2D eigenvalue weighted by Gasteiger charge is -2.09. The highest BCUT2D eigenvalue weighted by molar-refractivity contribution is 5.83. The number of halogens is 1. The molecule has 5 heteroatoms. The number of nitrogens with one attached hydrogen (secondary N) is 2. The van der Waals surface area contributed by atoms with Crippen molar-refractivity contribution >= 4 is 16.8 Å². The average molecular weight is 263 g/mol. The predicted molar refractivity (Wildman–Crippen MR) is 73.2 cm³/mol. The van der Waals surface area contributed by atoms with Gasteiger partial charge < -0.3 is 16.0 Å². The smallest absolute Gasteiger partial charge is 0.236 e. The second-order valence-electron chi connectivity index (χ2n) is 4.56. The van der Waals surface area contributed by atoms with Gasteiger partial charge in [0.1, 0.15) is 5.82 Å². The number of carbonyl (C=O) groups is 1. The van der Waals surface area contributed by atoms with E-state index in [-0.39, 0.29) is 11.7 Å². The highest BCUT2D eigenvalue weighted by Crippen LogP contribution is 2.19. The van der Waals surface area contributed by atoms with Crippen molar-refractivity contribution < 1.29 is 9.18 Å². The van der Waals surface area contributed by atoms with Crippen LogP contribution in [0.1, 0.15) is 18.9 Å². The van der Waals surface area contributed by atoms with Gasteiger partial charge in [-0.3, -0.25) is 4.79 Å². The van der Waals surface area contributed by atoms with E-state index >= 15 is 0 Å². The Hall–Kier alpha value is -1.88. The third-order valence-electron chi connectivity index (χ3n) is 3.20. The Bertz CT molecular complexity index is 579. The van der Waals surface area contributed by atoms with Gasteiger partial charge in [-0.25, -0.2) is 4.39 Å². The summed E-state index contributed by atoms with van der Waals surface area (Å²) in [6.45, 7) is 2.40. The van der Waals surface area contributed by atoms with Crippen LogP contribution in [0.2, 0.25) is 0 Å². The second kappa shape index (κ2) is 5.84. The molecule has 4 nitrogen and oxygen atoms in total. The third-order valence-corrected chi connectivity index (χ3v) is 3.20. The number of benzene rings is 1. The van der Waals surface area contributed by atoms with E-state index in [1.165, 1.54) is 12.1 Å². The van der Waals surface area contributed by atoms with Gasteiger partial charge in [0.2, 0.25) is 5.91 Å². The summed E-state index contributed by atoms with van der Waals surface area (Å²) in [6.07, 6.45) is 3.15. The lowest BCUT2D eigenvalue weighted by molar-refractivity contribution is -0.122. The van der Waals surface area contributed by atoms with Crippen molar-refractivity contribution in [1.29, 1.82) is 0 Å². The van der Waals surface area contributed by atoms with Gasteiger partial charge in [-0.2, -0.15) is 0 Å². The van der Waals surface area contributed by atoms with E-state index in [4.69, 9.17) is 5.73 Å². The first-order valence-electron chi connectivity index (χ1n) is 6.40. The molecule has 0 aliphatic rings. The lowest BCUT2D eigenvalue weighted by atomic mass is 10.1. The molecular formula is C14H18FN3O. The zero-order valence-corrected chi connectivity index (χ0v) is 10.9. The maximum absolute atomic E-state index is 13.0. The van der Waals surface area contributed by atoms with E-state index in [1.807, 2.05) is 13.1 Å². The fraction of sp³-hybridized carbons (Fsp3) is 0.357. The summed E-state index contributed by atoms with van der Waals surface area (Å²) in [5, 5.41) is 3.78. The van der Waals surface area contributed by atoms with Gasteiger partial charge in [0.15, 0.2) is 0 Å². The third kappa shape index (κ3) is 3.12. The van der Waals surface area contributed by atoms with Crippen LogP contribution in [-0.2, 0) is 11.2 Å². The molecule has 1 aromatic carbocycles. The SMILES string of the molecule is CC[C@H](N)C(=O)NCCc1c[nH]c2cc(F)ccc12. The summed E-state index contributed by atoms with van der Waals surface area (Å²) >= 11 is 0. The van der Waals surface area contributed by atoms with Crippen molar-refractivity contribution in [3.05, 3.63) is 35.8 Å². The molecule has 0 unspecified atom stereocenters. The van der Waals surface area contributed by atoms with Crippen molar-refractivity contribution in [1.82, 2.24) is 10.3 Å². The molecule has 1 heterocycles. The van der Waals surface area contributed by atoms with Crippen LogP contribution in [0.15, 0.2) is 24.4 Å². The Kier molecular flexibility index (Phi) is 4.16. The standard InChI is InChI=1S/C14H18FN3O/c1-2-12(16)14(19)17-6-5-9-8-18-13-7-10(15)3-4-11(9)13/h3-4,7-8,12,18H,2,5-6,16H2,1H3,(H,17,19)/t12-/m0/s1. The van der Waals surface area contributed by atoms with Crippen LogP contribution in [0, 0.1) is 5.82 Å². The van der Waals surface area contributed by atoms with Crippen LogP contribution in [0.25, 0.3) is 10.9 Å². The number of aromatic nitrogens is 1. The van der Waals surface area contributed by atoms with Crippen LogP contribution in [0.5, 0.6) is 0 Å². The van der Waals surface area contributed by atoms with Crippen molar-refractivity contribution in [2.75, 3.05) is 6.54 Å². The maximum atomic E-state index is 13.0. The number of aromatic amines is 1. The Balaban J connectivity index is 1.97. The van der Waals surface area contributed by atoms with E-state index in [1.54, 1.807) is 6.07 Å². The molecule has 2 rings (SSSR count). The number of nitrogens with two attached hydrogens (primary N) is 1. The molecule has 19 heavy (non-hydrogen) atoms. The number of carbonyl (C=O) groups excluding carboxylic acids is 1. The van der Waals surface area contributed by atoms with Crippen molar-refractivity contribution in [3.8, 4) is 0 Å². The van der Waals surface area contributed by atoms with Gasteiger partial charge >= 0.3 is 0 Å². The normalized spacial score (nSPS) is 12.6. The highest BCUT2D eigenvalue weighted by atomic mass is 19.1. The summed E-state index contributed by atoms with van der Waals surface area (Å²) < 4.78 is 13.0. The highest BCUT2D eigenvalue weighted by Gasteiger charge is 2.10. The Morgan fingerprint density at radius 1 is 1.53 bits per heavy atom. The molecular weight excluding hydrogens is 245 g/mol. The van der Waals surface area contributed by atoms with Crippen LogP contribution >= 0.6 is 0 Å². The van der Waals surface area contributed by atoms with Crippen molar-refractivity contribution in [2.24, 2.45) is 5.73 Å². The fourth-order valence-corrected chi connectivity index (χ4v) is 2.00. The molecule has 0 saturated carbocycles. The topological polar surface area (TPSA) is 70.9 Å². The van der Waals surface area contributed by atoms with Crippen molar-refractivity contribution in [3.63, 3.8) is 0 Å². The predicted octanol–water partition coefficient (Wildman–Crippen LogP) is 1.70. The largest absolute Gasteiger partial charge is 0.361 e. The van der Waals surface area contributed by atoms with E-state index in [0.717, 1.165) is 16.5 Å². The zero-order valence-electron chi connectivity index (χ0n) is 10.9. The van der Waals surface area contributed by atoms with Crippen LogP contribution in [0.3, 0.4) is 0 Å². The van der Waals surface area contributed by atoms with E-state index in [0.29, 0.717) is 19.4 Å². The molecule has 1 aromatic heterocycles. The summed E-state index contributed by atoms with van der Waals surface area (Å²) in [7, 11) is 0. The van der Waals surface area contributed by atoms with Crippen molar-refractivity contribution in [2.45, 2.75) is 25.8 Å². The fourth-order valence-electron chi connectivity index (χ4n) is 2.00. The molecule has 0 fully saturated rings. The zero-order chi connectivity index (χ0) is 13.8. The Labute approximate surface area is 111 Å². The van der Waals surface area contributed by atoms with Gasteiger partial charge in [0.25, 0.3) is 0 Å². The molecule has 4 N–H and O–H groups in total. The molecule has 1 amide bonds. The molecule has 0 saturated heterocycles. The first-order valence-corrected chi connectivity index (χ1v) is 6.40. The first kappa shape index (κ1) is 13.5. The minimum absolute atomic E-state index is 0.131. The maximum Gasteiger partial charge on any atom is 0.236 e. The van der Waals surface area contributed by atoms with E-state index in [2.05, 4.69) is 10.3 Å². The average Bonchev–Trinajstić information content (AvgIpc) is 2.80. The Morgan fingerprint density at radius 3 is 3.05 bits per heavy atom. The van der Waals surface area contributed by atoms with E-state index in [9.17, 15) is 9.18 Å². The summed E-state index contributed by atoms with van der Waals surface area (Å²) in [5.74, 6) is -0.392. The quantitative estimate of drug-likeness (QED) is 0.768.